The molecule has 0 bridgehead atoms. The lowest BCUT2D eigenvalue weighted by Gasteiger charge is -2.28. The van der Waals surface area contributed by atoms with Crippen molar-refractivity contribution in [1.29, 1.82) is 0 Å². The number of anilines is 1. The zero-order valence-electron chi connectivity index (χ0n) is 13.6. The maximum absolute atomic E-state index is 12.3. The Morgan fingerprint density at radius 3 is 2.08 bits per heavy atom. The topological polar surface area (TPSA) is 62.2 Å². The SMILES string of the molecule is O=C1c2ccccc2C(=O)N1N=Cc1ccc(N2CCOCC2)cc1. The van der Waals surface area contributed by atoms with Gasteiger partial charge in [-0.3, -0.25) is 9.59 Å². The summed E-state index contributed by atoms with van der Waals surface area (Å²) in [5.74, 6) is -0.774. The summed E-state index contributed by atoms with van der Waals surface area (Å²) in [6.45, 7) is 3.23. The molecule has 25 heavy (non-hydrogen) atoms. The van der Waals surface area contributed by atoms with Crippen molar-refractivity contribution in [3.8, 4) is 0 Å². The smallest absolute Gasteiger partial charge is 0.282 e. The number of hydrogen-bond acceptors (Lipinski definition) is 5. The third-order valence-electron chi connectivity index (χ3n) is 4.36. The van der Waals surface area contributed by atoms with Crippen molar-refractivity contribution in [2.75, 3.05) is 31.2 Å². The van der Waals surface area contributed by atoms with Crippen LogP contribution >= 0.6 is 0 Å². The number of nitrogens with zero attached hydrogens (tertiary/aromatic N) is 3. The molecule has 2 aliphatic heterocycles. The number of imide groups is 1. The number of benzene rings is 2. The van der Waals surface area contributed by atoms with E-state index in [0.717, 1.165) is 42.6 Å². The zero-order chi connectivity index (χ0) is 17.2. The first kappa shape index (κ1) is 15.5. The number of hydrogen-bond donors (Lipinski definition) is 0. The lowest BCUT2D eigenvalue weighted by Crippen LogP contribution is -2.36. The van der Waals surface area contributed by atoms with E-state index in [9.17, 15) is 9.59 Å². The molecule has 2 aromatic rings. The molecule has 0 aliphatic carbocycles. The van der Waals surface area contributed by atoms with Crippen molar-refractivity contribution in [2.45, 2.75) is 0 Å². The molecule has 2 amide bonds. The quantitative estimate of drug-likeness (QED) is 0.637. The molecule has 6 heteroatoms. The summed E-state index contributed by atoms with van der Waals surface area (Å²) in [6, 6.07) is 14.6. The lowest BCUT2D eigenvalue weighted by atomic mass is 10.1. The first-order valence-corrected chi connectivity index (χ1v) is 8.18. The average Bonchev–Trinajstić information content (AvgIpc) is 2.92. The summed E-state index contributed by atoms with van der Waals surface area (Å²) in [5, 5.41) is 5.01. The molecule has 4 rings (SSSR count). The maximum Gasteiger partial charge on any atom is 0.282 e. The molecule has 0 unspecified atom stereocenters. The number of amides is 2. The molecular weight excluding hydrogens is 318 g/mol. The Bertz CT molecular complexity index is 804. The number of rotatable bonds is 3. The summed E-state index contributed by atoms with van der Waals surface area (Å²) in [7, 11) is 0. The molecule has 0 aromatic heterocycles. The number of hydrazone groups is 1. The van der Waals surface area contributed by atoms with Gasteiger partial charge in [0.05, 0.1) is 30.6 Å². The van der Waals surface area contributed by atoms with Crippen molar-refractivity contribution < 1.29 is 14.3 Å². The second-order valence-corrected chi connectivity index (χ2v) is 5.90. The minimum absolute atomic E-state index is 0.387. The summed E-state index contributed by atoms with van der Waals surface area (Å²) in [4.78, 5) is 26.8. The molecule has 0 atom stereocenters. The second-order valence-electron chi connectivity index (χ2n) is 5.90. The molecule has 6 nitrogen and oxygen atoms in total. The van der Waals surface area contributed by atoms with Gasteiger partial charge >= 0.3 is 0 Å². The highest BCUT2D eigenvalue weighted by Gasteiger charge is 2.35. The molecule has 126 valence electrons. The van der Waals surface area contributed by atoms with E-state index in [1.807, 2.05) is 24.3 Å². The molecule has 0 radical (unpaired) electrons. The first-order chi connectivity index (χ1) is 12.2. The van der Waals surface area contributed by atoms with Crippen molar-refractivity contribution in [3.63, 3.8) is 0 Å². The van der Waals surface area contributed by atoms with E-state index in [1.165, 1.54) is 6.21 Å². The zero-order valence-corrected chi connectivity index (χ0v) is 13.6. The first-order valence-electron chi connectivity index (χ1n) is 8.18. The Labute approximate surface area is 145 Å². The van der Waals surface area contributed by atoms with Crippen LogP contribution in [-0.4, -0.2) is 49.3 Å². The van der Waals surface area contributed by atoms with E-state index < -0.39 is 0 Å². The van der Waals surface area contributed by atoms with Gasteiger partial charge in [0.2, 0.25) is 0 Å². The Kier molecular flexibility index (Phi) is 4.03. The van der Waals surface area contributed by atoms with Gasteiger partial charge in [0.15, 0.2) is 0 Å². The van der Waals surface area contributed by atoms with Crippen LogP contribution in [-0.2, 0) is 4.74 Å². The fourth-order valence-electron chi connectivity index (χ4n) is 3.00. The Morgan fingerprint density at radius 2 is 1.48 bits per heavy atom. The van der Waals surface area contributed by atoms with Crippen LogP contribution in [0.1, 0.15) is 26.3 Å². The monoisotopic (exact) mass is 335 g/mol. The van der Waals surface area contributed by atoms with Gasteiger partial charge in [-0.1, -0.05) is 24.3 Å². The van der Waals surface area contributed by atoms with Gasteiger partial charge in [-0.05, 0) is 29.8 Å². The van der Waals surface area contributed by atoms with Crippen LogP contribution in [0.2, 0.25) is 0 Å². The molecule has 0 spiro atoms. The van der Waals surface area contributed by atoms with Gasteiger partial charge in [-0.15, -0.1) is 0 Å². The largest absolute Gasteiger partial charge is 0.378 e. The highest BCUT2D eigenvalue weighted by Crippen LogP contribution is 2.22. The maximum atomic E-state index is 12.3. The minimum atomic E-state index is -0.387. The van der Waals surface area contributed by atoms with Crippen LogP contribution in [0.15, 0.2) is 53.6 Å². The molecule has 2 heterocycles. The van der Waals surface area contributed by atoms with Crippen molar-refractivity contribution in [1.82, 2.24) is 5.01 Å². The number of carbonyl (C=O) groups is 2. The van der Waals surface area contributed by atoms with E-state index in [-0.39, 0.29) is 11.8 Å². The number of fused-ring (bicyclic) bond motifs is 1. The average molecular weight is 335 g/mol. The van der Waals surface area contributed by atoms with Crippen molar-refractivity contribution >= 4 is 23.7 Å². The summed E-state index contributed by atoms with van der Waals surface area (Å²) >= 11 is 0. The molecular formula is C19H17N3O3. The highest BCUT2D eigenvalue weighted by molar-refractivity contribution is 6.21. The van der Waals surface area contributed by atoms with Gasteiger partial charge < -0.3 is 9.64 Å². The Morgan fingerprint density at radius 1 is 0.880 bits per heavy atom. The third kappa shape index (κ3) is 2.92. The fraction of sp³-hybridized carbons (Fsp3) is 0.211. The minimum Gasteiger partial charge on any atom is -0.378 e. The summed E-state index contributed by atoms with van der Waals surface area (Å²) in [6.07, 6.45) is 1.53. The molecule has 2 aliphatic rings. The summed E-state index contributed by atoms with van der Waals surface area (Å²) in [5.41, 5.74) is 2.74. The molecule has 0 saturated carbocycles. The molecule has 2 aromatic carbocycles. The highest BCUT2D eigenvalue weighted by atomic mass is 16.5. The van der Waals surface area contributed by atoms with Crippen molar-refractivity contribution in [2.24, 2.45) is 5.10 Å². The molecule has 0 N–H and O–H groups in total. The normalized spacial score (nSPS) is 17.4. The van der Waals surface area contributed by atoms with E-state index in [4.69, 9.17) is 4.74 Å². The predicted molar refractivity (Wildman–Crippen MR) is 94.0 cm³/mol. The van der Waals surface area contributed by atoms with E-state index in [1.54, 1.807) is 24.3 Å². The van der Waals surface area contributed by atoms with Crippen LogP contribution in [0.4, 0.5) is 5.69 Å². The number of ether oxygens (including phenoxy) is 1. The van der Waals surface area contributed by atoms with E-state index in [0.29, 0.717) is 11.1 Å². The summed E-state index contributed by atoms with van der Waals surface area (Å²) < 4.78 is 5.36. The van der Waals surface area contributed by atoms with Crippen LogP contribution in [0.25, 0.3) is 0 Å². The number of morpholine rings is 1. The van der Waals surface area contributed by atoms with Crippen LogP contribution in [0.3, 0.4) is 0 Å². The molecule has 1 fully saturated rings. The van der Waals surface area contributed by atoms with Gasteiger partial charge in [0.25, 0.3) is 11.8 Å². The number of carbonyl (C=O) groups excluding carboxylic acids is 2. The Balaban J connectivity index is 1.49. The van der Waals surface area contributed by atoms with Crippen LogP contribution < -0.4 is 4.90 Å². The third-order valence-corrected chi connectivity index (χ3v) is 4.36. The Hall–Kier alpha value is -2.99. The van der Waals surface area contributed by atoms with Crippen molar-refractivity contribution in [3.05, 3.63) is 65.2 Å². The lowest BCUT2D eigenvalue weighted by molar-refractivity contribution is 0.0660. The van der Waals surface area contributed by atoms with Crippen LogP contribution in [0, 0.1) is 0 Å². The standard InChI is InChI=1S/C19H17N3O3/c23-18-16-3-1-2-4-17(16)19(24)22(18)20-13-14-5-7-15(8-6-14)21-9-11-25-12-10-21/h1-8,13H,9-12H2. The van der Waals surface area contributed by atoms with Gasteiger partial charge in [0.1, 0.15) is 0 Å². The van der Waals surface area contributed by atoms with Gasteiger partial charge in [0, 0.05) is 18.8 Å². The fourth-order valence-corrected chi connectivity index (χ4v) is 3.00. The molecule has 1 saturated heterocycles. The second kappa shape index (κ2) is 6.49. The van der Waals surface area contributed by atoms with Gasteiger partial charge in [-0.2, -0.15) is 10.1 Å². The van der Waals surface area contributed by atoms with Gasteiger partial charge in [-0.25, -0.2) is 0 Å². The van der Waals surface area contributed by atoms with Crippen LogP contribution in [0.5, 0.6) is 0 Å². The van der Waals surface area contributed by atoms with E-state index in [2.05, 4.69) is 10.0 Å². The van der Waals surface area contributed by atoms with E-state index >= 15 is 0 Å². The predicted octanol–water partition coefficient (Wildman–Crippen LogP) is 2.15.